The van der Waals surface area contributed by atoms with Crippen molar-refractivity contribution in [2.75, 3.05) is 13.7 Å². The number of benzene rings is 1. The first-order valence-electron chi connectivity index (χ1n) is 5.91. The van der Waals surface area contributed by atoms with E-state index in [9.17, 15) is 4.79 Å². The van der Waals surface area contributed by atoms with Crippen molar-refractivity contribution in [3.63, 3.8) is 0 Å². The molecular formula is C14H20O3S. The number of rotatable bonds is 5. The number of hydrogen-bond acceptors (Lipinski definition) is 4. The highest BCUT2D eigenvalue weighted by molar-refractivity contribution is 8.01. The Morgan fingerprint density at radius 1 is 1.39 bits per heavy atom. The van der Waals surface area contributed by atoms with Crippen LogP contribution < -0.4 is 4.74 Å². The highest BCUT2D eigenvalue weighted by atomic mass is 32.2. The first-order valence-corrected chi connectivity index (χ1v) is 6.73. The van der Waals surface area contributed by atoms with Crippen LogP contribution in [0.3, 0.4) is 0 Å². The zero-order valence-electron chi connectivity index (χ0n) is 11.6. The van der Waals surface area contributed by atoms with Crippen LogP contribution in [0.1, 0.15) is 26.3 Å². The van der Waals surface area contributed by atoms with Crippen LogP contribution in [-0.2, 0) is 9.53 Å². The highest BCUT2D eigenvalue weighted by Crippen LogP contribution is 2.35. The molecule has 0 radical (unpaired) electrons. The van der Waals surface area contributed by atoms with Gasteiger partial charge in [0.2, 0.25) is 0 Å². The van der Waals surface area contributed by atoms with E-state index in [1.165, 1.54) is 18.9 Å². The van der Waals surface area contributed by atoms with E-state index in [0.717, 1.165) is 16.2 Å². The first kappa shape index (κ1) is 14.9. The van der Waals surface area contributed by atoms with E-state index in [4.69, 9.17) is 9.47 Å². The van der Waals surface area contributed by atoms with Crippen molar-refractivity contribution < 1.29 is 14.3 Å². The molecule has 3 nitrogen and oxygen atoms in total. The van der Waals surface area contributed by atoms with E-state index in [2.05, 4.69) is 0 Å². The molecule has 0 fully saturated rings. The molecule has 0 N–H and O–H groups in total. The van der Waals surface area contributed by atoms with Gasteiger partial charge in [0, 0.05) is 4.90 Å². The fourth-order valence-electron chi connectivity index (χ4n) is 1.58. The molecule has 4 heteroatoms. The fourth-order valence-corrected chi connectivity index (χ4v) is 2.71. The summed E-state index contributed by atoms with van der Waals surface area (Å²) in [6, 6.07) is 5.93. The molecule has 0 saturated carbocycles. The molecule has 0 unspecified atom stereocenters. The van der Waals surface area contributed by atoms with Gasteiger partial charge in [-0.15, -0.1) is 11.8 Å². The van der Waals surface area contributed by atoms with Gasteiger partial charge in [-0.2, -0.15) is 0 Å². The van der Waals surface area contributed by atoms with Crippen LogP contribution in [0.5, 0.6) is 5.75 Å². The molecule has 18 heavy (non-hydrogen) atoms. The average Bonchev–Trinajstić information content (AvgIpc) is 2.31. The molecule has 0 aliphatic rings. The van der Waals surface area contributed by atoms with Crippen molar-refractivity contribution >= 4 is 17.7 Å². The van der Waals surface area contributed by atoms with Crippen molar-refractivity contribution in [1.82, 2.24) is 0 Å². The van der Waals surface area contributed by atoms with Gasteiger partial charge in [0.15, 0.2) is 0 Å². The zero-order valence-corrected chi connectivity index (χ0v) is 12.4. The Morgan fingerprint density at radius 3 is 2.56 bits per heavy atom. The van der Waals surface area contributed by atoms with Gasteiger partial charge in [-0.1, -0.05) is 0 Å². The average molecular weight is 268 g/mol. The fraction of sp³-hybridized carbons (Fsp3) is 0.500. The number of carbonyl (C=O) groups is 1. The standard InChI is InChI=1S/C14H20O3S/c1-6-17-12-8-7-11(9-10(12)2)18-14(3,4)13(15)16-5/h7-9H,6H2,1-5H3. The highest BCUT2D eigenvalue weighted by Gasteiger charge is 2.30. The number of aryl methyl sites for hydroxylation is 1. The minimum Gasteiger partial charge on any atom is -0.494 e. The maximum absolute atomic E-state index is 11.6. The van der Waals surface area contributed by atoms with E-state index >= 15 is 0 Å². The topological polar surface area (TPSA) is 35.5 Å². The Bertz CT molecular complexity index is 427. The van der Waals surface area contributed by atoms with Gasteiger partial charge in [0.05, 0.1) is 13.7 Å². The summed E-state index contributed by atoms with van der Waals surface area (Å²) in [5.41, 5.74) is 1.07. The van der Waals surface area contributed by atoms with Crippen molar-refractivity contribution in [3.8, 4) is 5.75 Å². The van der Waals surface area contributed by atoms with E-state index in [1.807, 2.05) is 45.9 Å². The van der Waals surface area contributed by atoms with E-state index in [1.54, 1.807) is 0 Å². The molecule has 0 saturated heterocycles. The van der Waals surface area contributed by atoms with Crippen LogP contribution in [0.25, 0.3) is 0 Å². The maximum Gasteiger partial charge on any atom is 0.321 e. The van der Waals surface area contributed by atoms with Gasteiger partial charge in [-0.25, -0.2) is 0 Å². The largest absolute Gasteiger partial charge is 0.494 e. The molecule has 0 bridgehead atoms. The second-order valence-corrected chi connectivity index (χ2v) is 6.16. The van der Waals surface area contributed by atoms with E-state index < -0.39 is 4.75 Å². The van der Waals surface area contributed by atoms with Gasteiger partial charge >= 0.3 is 5.97 Å². The molecule has 0 atom stereocenters. The molecule has 1 aromatic carbocycles. The molecule has 1 rings (SSSR count). The molecule has 0 aromatic heterocycles. The Hall–Kier alpha value is -1.16. The SMILES string of the molecule is CCOc1ccc(SC(C)(C)C(=O)OC)cc1C. The first-order chi connectivity index (χ1) is 8.40. The monoisotopic (exact) mass is 268 g/mol. The second kappa shape index (κ2) is 6.14. The third kappa shape index (κ3) is 3.67. The summed E-state index contributed by atoms with van der Waals surface area (Å²) in [7, 11) is 1.41. The summed E-state index contributed by atoms with van der Waals surface area (Å²) in [6.45, 7) is 8.33. The summed E-state index contributed by atoms with van der Waals surface area (Å²) in [5.74, 6) is 0.664. The van der Waals surface area contributed by atoms with Crippen LogP contribution in [0.4, 0.5) is 0 Å². The predicted molar refractivity (Wildman–Crippen MR) is 74.3 cm³/mol. The van der Waals surface area contributed by atoms with Crippen molar-refractivity contribution in [1.29, 1.82) is 0 Å². The molecule has 0 heterocycles. The molecule has 0 aliphatic carbocycles. The predicted octanol–water partition coefficient (Wildman–Crippen LogP) is 3.44. The van der Waals surface area contributed by atoms with Crippen molar-refractivity contribution in [2.45, 2.75) is 37.3 Å². The quantitative estimate of drug-likeness (QED) is 0.605. The number of thioether (sulfide) groups is 1. The maximum atomic E-state index is 11.6. The van der Waals surface area contributed by atoms with Gasteiger partial charge < -0.3 is 9.47 Å². The van der Waals surface area contributed by atoms with E-state index in [0.29, 0.717) is 6.61 Å². The molecule has 0 aliphatic heterocycles. The molecular weight excluding hydrogens is 248 g/mol. The minimum absolute atomic E-state index is 0.223. The van der Waals surface area contributed by atoms with Gasteiger partial charge in [0.25, 0.3) is 0 Å². The Balaban J connectivity index is 2.86. The lowest BCUT2D eigenvalue weighted by atomic mass is 10.2. The summed E-state index contributed by atoms with van der Waals surface area (Å²) < 4.78 is 9.70. The Morgan fingerprint density at radius 2 is 2.06 bits per heavy atom. The van der Waals surface area contributed by atoms with Crippen LogP contribution in [-0.4, -0.2) is 24.4 Å². The van der Waals surface area contributed by atoms with Crippen LogP contribution in [0, 0.1) is 6.92 Å². The van der Waals surface area contributed by atoms with Gasteiger partial charge in [-0.3, -0.25) is 4.79 Å². The normalized spacial score (nSPS) is 11.2. The molecule has 100 valence electrons. The summed E-state index contributed by atoms with van der Waals surface area (Å²) in [4.78, 5) is 12.7. The van der Waals surface area contributed by atoms with Crippen LogP contribution in [0.2, 0.25) is 0 Å². The van der Waals surface area contributed by atoms with Gasteiger partial charge in [0.1, 0.15) is 10.5 Å². The lowest BCUT2D eigenvalue weighted by Gasteiger charge is -2.21. The lowest BCUT2D eigenvalue weighted by Crippen LogP contribution is -2.28. The van der Waals surface area contributed by atoms with Crippen LogP contribution >= 0.6 is 11.8 Å². The molecule has 0 spiro atoms. The lowest BCUT2D eigenvalue weighted by molar-refractivity contribution is -0.142. The van der Waals surface area contributed by atoms with E-state index in [-0.39, 0.29) is 5.97 Å². The summed E-state index contributed by atoms with van der Waals surface area (Å²) >= 11 is 1.49. The molecule has 0 amide bonds. The number of methoxy groups -OCH3 is 1. The third-order valence-electron chi connectivity index (χ3n) is 2.50. The van der Waals surface area contributed by atoms with Gasteiger partial charge in [-0.05, 0) is 51.5 Å². The van der Waals surface area contributed by atoms with Crippen molar-refractivity contribution in [3.05, 3.63) is 23.8 Å². The number of carbonyl (C=O) groups excluding carboxylic acids is 1. The smallest absolute Gasteiger partial charge is 0.321 e. The Kier molecular flexibility index (Phi) is 5.08. The zero-order chi connectivity index (χ0) is 13.8. The van der Waals surface area contributed by atoms with Crippen LogP contribution in [0.15, 0.2) is 23.1 Å². The number of ether oxygens (including phenoxy) is 2. The Labute approximate surface area is 113 Å². The molecule has 1 aromatic rings. The number of hydrogen-bond donors (Lipinski definition) is 0. The third-order valence-corrected chi connectivity index (χ3v) is 3.66. The second-order valence-electron chi connectivity index (χ2n) is 4.46. The summed E-state index contributed by atoms with van der Waals surface area (Å²) in [5, 5.41) is 0. The van der Waals surface area contributed by atoms with Crippen molar-refractivity contribution in [2.24, 2.45) is 0 Å². The number of esters is 1. The summed E-state index contributed by atoms with van der Waals surface area (Å²) in [6.07, 6.45) is 0. The minimum atomic E-state index is -0.589.